The molecule has 0 heterocycles. The molecule has 1 aliphatic rings. The Bertz CT molecular complexity index is 538. The molecular formula is C15H17BrF3NO. The quantitative estimate of drug-likeness (QED) is 0.801. The topological polar surface area (TPSA) is 29.1 Å². The minimum absolute atomic E-state index is 0.109. The maximum Gasteiger partial charge on any atom is 0.417 e. The number of alkyl halides is 3. The van der Waals surface area contributed by atoms with Gasteiger partial charge in [0.1, 0.15) is 0 Å². The number of rotatable bonds is 5. The summed E-state index contributed by atoms with van der Waals surface area (Å²) in [6, 6.07) is 3.60. The van der Waals surface area contributed by atoms with Gasteiger partial charge in [-0.05, 0) is 42.9 Å². The third kappa shape index (κ3) is 3.99. The first-order valence-electron chi connectivity index (χ1n) is 6.92. The number of hydrogen-bond donors (Lipinski definition) is 1. The number of amides is 1. The molecule has 0 atom stereocenters. The van der Waals surface area contributed by atoms with Crippen LogP contribution in [0.2, 0.25) is 0 Å². The lowest BCUT2D eigenvalue weighted by Gasteiger charge is -2.17. The Morgan fingerprint density at radius 3 is 2.57 bits per heavy atom. The molecule has 1 saturated carbocycles. The van der Waals surface area contributed by atoms with Gasteiger partial charge in [0, 0.05) is 11.0 Å². The van der Waals surface area contributed by atoms with Crippen molar-refractivity contribution in [1.82, 2.24) is 5.32 Å². The van der Waals surface area contributed by atoms with Crippen LogP contribution in [0.5, 0.6) is 0 Å². The van der Waals surface area contributed by atoms with Crippen molar-refractivity contribution >= 4 is 21.8 Å². The predicted octanol–water partition coefficient (Wildman–Crippen LogP) is 4.78. The van der Waals surface area contributed by atoms with Gasteiger partial charge < -0.3 is 5.32 Å². The smallest absolute Gasteiger partial charge is 0.351 e. The van der Waals surface area contributed by atoms with Gasteiger partial charge in [-0.2, -0.15) is 13.2 Å². The number of benzene rings is 1. The highest BCUT2D eigenvalue weighted by Gasteiger charge is 2.42. The Labute approximate surface area is 130 Å². The summed E-state index contributed by atoms with van der Waals surface area (Å²) in [4.78, 5) is 12.1. The van der Waals surface area contributed by atoms with Gasteiger partial charge in [0.25, 0.3) is 5.91 Å². The van der Waals surface area contributed by atoms with Gasteiger partial charge in [-0.1, -0.05) is 29.3 Å². The molecule has 0 aromatic heterocycles. The Balaban J connectivity index is 2.12. The molecule has 116 valence electrons. The Kier molecular flexibility index (Phi) is 4.66. The van der Waals surface area contributed by atoms with Crippen LogP contribution in [-0.4, -0.2) is 12.5 Å². The van der Waals surface area contributed by atoms with Crippen LogP contribution in [0.3, 0.4) is 0 Å². The van der Waals surface area contributed by atoms with E-state index in [1.807, 2.05) is 0 Å². The van der Waals surface area contributed by atoms with Crippen molar-refractivity contribution in [3.63, 3.8) is 0 Å². The average molecular weight is 364 g/mol. The lowest BCUT2D eigenvalue weighted by Crippen LogP contribution is -2.31. The molecule has 2 nitrogen and oxygen atoms in total. The van der Waals surface area contributed by atoms with E-state index in [0.717, 1.165) is 31.7 Å². The lowest BCUT2D eigenvalue weighted by molar-refractivity contribution is -0.138. The molecule has 0 radical (unpaired) electrons. The first-order chi connectivity index (χ1) is 9.77. The van der Waals surface area contributed by atoms with Gasteiger partial charge >= 0.3 is 6.18 Å². The lowest BCUT2D eigenvalue weighted by atomic mass is 10.00. The van der Waals surface area contributed by atoms with E-state index in [2.05, 4.69) is 28.2 Å². The van der Waals surface area contributed by atoms with E-state index in [9.17, 15) is 18.0 Å². The molecule has 0 saturated heterocycles. The molecule has 0 spiro atoms. The molecule has 1 amide bonds. The van der Waals surface area contributed by atoms with Crippen LogP contribution in [0.25, 0.3) is 0 Å². The highest BCUT2D eigenvalue weighted by Crippen LogP contribution is 2.49. The molecular weight excluding hydrogens is 347 g/mol. The fourth-order valence-corrected chi connectivity index (χ4v) is 2.90. The Morgan fingerprint density at radius 1 is 1.38 bits per heavy atom. The van der Waals surface area contributed by atoms with Crippen LogP contribution in [0.4, 0.5) is 13.2 Å². The average Bonchev–Trinajstić information content (AvgIpc) is 3.16. The largest absolute Gasteiger partial charge is 0.417 e. The second-order valence-corrected chi connectivity index (χ2v) is 6.54. The minimum atomic E-state index is -4.54. The zero-order chi connectivity index (χ0) is 15.7. The monoisotopic (exact) mass is 363 g/mol. The van der Waals surface area contributed by atoms with Crippen molar-refractivity contribution < 1.29 is 18.0 Å². The maximum atomic E-state index is 13.0. The van der Waals surface area contributed by atoms with Gasteiger partial charge in [-0.3, -0.25) is 4.79 Å². The van der Waals surface area contributed by atoms with Crippen LogP contribution in [-0.2, 0) is 6.18 Å². The van der Waals surface area contributed by atoms with Gasteiger partial charge in [0.2, 0.25) is 0 Å². The van der Waals surface area contributed by atoms with E-state index < -0.39 is 17.6 Å². The highest BCUT2D eigenvalue weighted by molar-refractivity contribution is 9.10. The predicted molar refractivity (Wildman–Crippen MR) is 78.1 cm³/mol. The van der Waals surface area contributed by atoms with Crippen LogP contribution in [0, 0.1) is 5.41 Å². The zero-order valence-corrected chi connectivity index (χ0v) is 13.3. The molecule has 1 N–H and O–H groups in total. The van der Waals surface area contributed by atoms with E-state index >= 15 is 0 Å². The first kappa shape index (κ1) is 16.3. The summed E-state index contributed by atoms with van der Waals surface area (Å²) in [5.74, 6) is -0.655. The molecule has 21 heavy (non-hydrogen) atoms. The van der Waals surface area contributed by atoms with E-state index in [1.165, 1.54) is 12.1 Å². The summed E-state index contributed by atoms with van der Waals surface area (Å²) in [7, 11) is 0. The zero-order valence-electron chi connectivity index (χ0n) is 11.7. The minimum Gasteiger partial charge on any atom is -0.351 e. The van der Waals surface area contributed by atoms with Crippen molar-refractivity contribution in [2.24, 2.45) is 5.41 Å². The van der Waals surface area contributed by atoms with Crippen LogP contribution < -0.4 is 5.32 Å². The van der Waals surface area contributed by atoms with Gasteiger partial charge in [0.05, 0.1) is 11.1 Å². The normalized spacial score (nSPS) is 16.6. The van der Waals surface area contributed by atoms with Crippen LogP contribution in [0.15, 0.2) is 22.7 Å². The summed E-state index contributed by atoms with van der Waals surface area (Å²) in [6.07, 6.45) is -0.458. The second-order valence-electron chi connectivity index (χ2n) is 5.62. The van der Waals surface area contributed by atoms with Crippen molar-refractivity contribution in [2.45, 2.75) is 38.8 Å². The fraction of sp³-hybridized carbons (Fsp3) is 0.533. The van der Waals surface area contributed by atoms with Crippen molar-refractivity contribution in [2.75, 3.05) is 6.54 Å². The summed E-state index contributed by atoms with van der Waals surface area (Å²) >= 11 is 3.01. The summed E-state index contributed by atoms with van der Waals surface area (Å²) in [6.45, 7) is 2.52. The number of carbonyl (C=O) groups is 1. The fourth-order valence-electron chi connectivity index (χ4n) is 2.53. The van der Waals surface area contributed by atoms with Crippen LogP contribution >= 0.6 is 15.9 Å². The van der Waals surface area contributed by atoms with E-state index in [1.54, 1.807) is 0 Å². The van der Waals surface area contributed by atoms with E-state index in [0.29, 0.717) is 11.0 Å². The molecule has 1 aromatic carbocycles. The van der Waals surface area contributed by atoms with Crippen molar-refractivity contribution in [3.05, 3.63) is 33.8 Å². The number of halogens is 4. The standard InChI is InChI=1S/C15H17BrF3NO/c1-2-5-14(6-7-14)9-20-13(21)11-4-3-10(16)8-12(11)15(17,18)19/h3-4,8H,2,5-7,9H2,1H3,(H,20,21). The maximum absolute atomic E-state index is 13.0. The molecule has 1 aromatic rings. The summed E-state index contributed by atoms with van der Waals surface area (Å²) < 4.78 is 39.3. The van der Waals surface area contributed by atoms with Gasteiger partial charge in [-0.25, -0.2) is 0 Å². The molecule has 6 heteroatoms. The summed E-state index contributed by atoms with van der Waals surface area (Å²) in [5, 5.41) is 2.66. The van der Waals surface area contributed by atoms with Gasteiger partial charge in [-0.15, -0.1) is 0 Å². The molecule has 1 aliphatic carbocycles. The Hall–Kier alpha value is -1.04. The number of nitrogens with one attached hydrogen (secondary N) is 1. The van der Waals surface area contributed by atoms with Crippen LogP contribution in [0.1, 0.15) is 48.5 Å². The summed E-state index contributed by atoms with van der Waals surface area (Å²) in [5.41, 5.74) is -1.12. The molecule has 0 aliphatic heterocycles. The third-order valence-electron chi connectivity index (χ3n) is 3.89. The number of carbonyl (C=O) groups excluding carboxylic acids is 1. The molecule has 1 fully saturated rings. The van der Waals surface area contributed by atoms with Gasteiger partial charge in [0.15, 0.2) is 0 Å². The van der Waals surface area contributed by atoms with E-state index in [-0.39, 0.29) is 11.0 Å². The third-order valence-corrected chi connectivity index (χ3v) is 4.39. The molecule has 0 bridgehead atoms. The SMILES string of the molecule is CCCC1(CNC(=O)c2ccc(Br)cc2C(F)(F)F)CC1. The highest BCUT2D eigenvalue weighted by atomic mass is 79.9. The first-order valence-corrected chi connectivity index (χ1v) is 7.72. The molecule has 0 unspecified atom stereocenters. The number of hydrogen-bond acceptors (Lipinski definition) is 1. The Morgan fingerprint density at radius 2 is 2.05 bits per heavy atom. The van der Waals surface area contributed by atoms with E-state index in [4.69, 9.17) is 0 Å². The second kappa shape index (κ2) is 5.99. The van der Waals surface area contributed by atoms with Crippen molar-refractivity contribution in [3.8, 4) is 0 Å². The molecule has 2 rings (SSSR count). The van der Waals surface area contributed by atoms with Crippen molar-refractivity contribution in [1.29, 1.82) is 0 Å².